The molecule has 1 unspecified atom stereocenters. The van der Waals surface area contributed by atoms with Crippen LogP contribution in [0.25, 0.3) is 0 Å². The van der Waals surface area contributed by atoms with Crippen molar-refractivity contribution in [3.63, 3.8) is 0 Å². The molecule has 1 rings (SSSR count). The van der Waals surface area contributed by atoms with Gasteiger partial charge in [0, 0.05) is 25.2 Å². The summed E-state index contributed by atoms with van der Waals surface area (Å²) in [5.74, 6) is 0.709. The van der Waals surface area contributed by atoms with Crippen LogP contribution in [-0.4, -0.2) is 30.6 Å². The SMILES string of the molecule is CCNC(CN(CC(C)C)C(C)C)c1ccccc1. The van der Waals surface area contributed by atoms with Gasteiger partial charge in [0.15, 0.2) is 0 Å². The molecular formula is C17H30N2. The van der Waals surface area contributed by atoms with Crippen LogP contribution in [0.3, 0.4) is 0 Å². The molecule has 0 bridgehead atoms. The summed E-state index contributed by atoms with van der Waals surface area (Å²) in [4.78, 5) is 2.57. The van der Waals surface area contributed by atoms with Gasteiger partial charge in [-0.25, -0.2) is 0 Å². The number of nitrogens with zero attached hydrogens (tertiary/aromatic N) is 1. The first kappa shape index (κ1) is 16.2. The summed E-state index contributed by atoms with van der Waals surface area (Å²) < 4.78 is 0. The molecule has 1 N–H and O–H groups in total. The molecule has 0 aliphatic heterocycles. The second kappa shape index (κ2) is 8.34. The lowest BCUT2D eigenvalue weighted by Crippen LogP contribution is -2.41. The monoisotopic (exact) mass is 262 g/mol. The van der Waals surface area contributed by atoms with Gasteiger partial charge >= 0.3 is 0 Å². The first-order valence-corrected chi connectivity index (χ1v) is 7.57. The largest absolute Gasteiger partial charge is 0.309 e. The number of hydrogen-bond acceptors (Lipinski definition) is 2. The third kappa shape index (κ3) is 5.75. The Labute approximate surface area is 119 Å². The van der Waals surface area contributed by atoms with Crippen molar-refractivity contribution >= 4 is 0 Å². The van der Waals surface area contributed by atoms with Crippen molar-refractivity contribution in [1.82, 2.24) is 10.2 Å². The molecule has 0 saturated carbocycles. The van der Waals surface area contributed by atoms with Crippen molar-refractivity contribution in [2.75, 3.05) is 19.6 Å². The summed E-state index contributed by atoms with van der Waals surface area (Å²) in [7, 11) is 0. The van der Waals surface area contributed by atoms with Gasteiger partial charge in [-0.2, -0.15) is 0 Å². The topological polar surface area (TPSA) is 15.3 Å². The van der Waals surface area contributed by atoms with E-state index in [1.54, 1.807) is 0 Å². The van der Waals surface area contributed by atoms with Gasteiger partial charge in [0.1, 0.15) is 0 Å². The van der Waals surface area contributed by atoms with Crippen LogP contribution in [0.15, 0.2) is 30.3 Å². The number of hydrogen-bond donors (Lipinski definition) is 1. The maximum absolute atomic E-state index is 3.62. The van der Waals surface area contributed by atoms with Gasteiger partial charge in [-0.3, -0.25) is 4.90 Å². The Morgan fingerprint density at radius 2 is 1.63 bits per heavy atom. The zero-order valence-electron chi connectivity index (χ0n) is 13.2. The third-order valence-corrected chi connectivity index (χ3v) is 3.40. The Kier molecular flexibility index (Phi) is 7.11. The molecule has 1 aromatic rings. The van der Waals surface area contributed by atoms with Gasteiger partial charge < -0.3 is 5.32 Å². The Morgan fingerprint density at radius 1 is 1.00 bits per heavy atom. The van der Waals surface area contributed by atoms with E-state index < -0.39 is 0 Å². The predicted octanol–water partition coefficient (Wildman–Crippen LogP) is 3.70. The fraction of sp³-hybridized carbons (Fsp3) is 0.647. The van der Waals surface area contributed by atoms with Crippen LogP contribution in [0.1, 0.15) is 46.2 Å². The minimum atomic E-state index is 0.423. The van der Waals surface area contributed by atoms with Crippen molar-refractivity contribution in [3.05, 3.63) is 35.9 Å². The minimum absolute atomic E-state index is 0.423. The zero-order chi connectivity index (χ0) is 14.3. The molecule has 0 aliphatic rings. The van der Waals surface area contributed by atoms with E-state index >= 15 is 0 Å². The first-order valence-electron chi connectivity index (χ1n) is 7.57. The first-order chi connectivity index (χ1) is 9.04. The van der Waals surface area contributed by atoms with Gasteiger partial charge in [-0.05, 0) is 31.9 Å². The van der Waals surface area contributed by atoms with E-state index in [0.717, 1.165) is 19.6 Å². The highest BCUT2D eigenvalue weighted by molar-refractivity contribution is 5.19. The molecule has 0 fully saturated rings. The second-order valence-corrected chi connectivity index (χ2v) is 5.96. The van der Waals surface area contributed by atoms with Crippen molar-refractivity contribution in [3.8, 4) is 0 Å². The highest BCUT2D eigenvalue weighted by Gasteiger charge is 2.18. The van der Waals surface area contributed by atoms with E-state index in [1.807, 2.05) is 0 Å². The molecule has 0 amide bonds. The van der Waals surface area contributed by atoms with Crippen LogP contribution >= 0.6 is 0 Å². The van der Waals surface area contributed by atoms with Crippen molar-refractivity contribution in [1.29, 1.82) is 0 Å². The van der Waals surface area contributed by atoms with Crippen molar-refractivity contribution in [2.24, 2.45) is 5.92 Å². The van der Waals surface area contributed by atoms with Gasteiger partial charge in [-0.1, -0.05) is 51.1 Å². The number of benzene rings is 1. The molecule has 19 heavy (non-hydrogen) atoms. The van der Waals surface area contributed by atoms with Gasteiger partial charge in [0.25, 0.3) is 0 Å². The molecule has 0 saturated heterocycles. The molecule has 0 heterocycles. The summed E-state index contributed by atoms with van der Waals surface area (Å²) in [5.41, 5.74) is 1.39. The molecule has 0 aromatic heterocycles. The van der Waals surface area contributed by atoms with Gasteiger partial charge in [0.2, 0.25) is 0 Å². The minimum Gasteiger partial charge on any atom is -0.309 e. The van der Waals surface area contributed by atoms with E-state index in [-0.39, 0.29) is 0 Å². The van der Waals surface area contributed by atoms with E-state index in [1.165, 1.54) is 5.56 Å². The maximum Gasteiger partial charge on any atom is 0.0449 e. The van der Waals surface area contributed by atoms with E-state index in [9.17, 15) is 0 Å². The zero-order valence-corrected chi connectivity index (χ0v) is 13.2. The number of nitrogens with one attached hydrogen (secondary N) is 1. The Hall–Kier alpha value is -0.860. The lowest BCUT2D eigenvalue weighted by molar-refractivity contribution is 0.177. The predicted molar refractivity (Wildman–Crippen MR) is 84.4 cm³/mol. The molecule has 2 heteroatoms. The molecule has 108 valence electrons. The average Bonchev–Trinajstić information content (AvgIpc) is 2.37. The Bertz CT molecular complexity index is 332. The molecule has 1 atom stereocenters. The lowest BCUT2D eigenvalue weighted by Gasteiger charge is -2.32. The molecule has 0 spiro atoms. The fourth-order valence-electron chi connectivity index (χ4n) is 2.42. The smallest absolute Gasteiger partial charge is 0.0449 e. The van der Waals surface area contributed by atoms with Crippen LogP contribution in [0.2, 0.25) is 0 Å². The summed E-state index contributed by atoms with van der Waals surface area (Å²) in [6, 6.07) is 11.8. The third-order valence-electron chi connectivity index (χ3n) is 3.40. The number of likely N-dealkylation sites (N-methyl/N-ethyl adjacent to an activating group) is 1. The molecular weight excluding hydrogens is 232 g/mol. The quantitative estimate of drug-likeness (QED) is 0.768. The van der Waals surface area contributed by atoms with Crippen molar-refractivity contribution < 1.29 is 0 Å². The van der Waals surface area contributed by atoms with E-state index in [0.29, 0.717) is 18.0 Å². The summed E-state index contributed by atoms with van der Waals surface area (Å²) in [6.45, 7) is 14.6. The maximum atomic E-state index is 3.62. The lowest BCUT2D eigenvalue weighted by atomic mass is 10.0. The summed E-state index contributed by atoms with van der Waals surface area (Å²) >= 11 is 0. The van der Waals surface area contributed by atoms with Crippen LogP contribution < -0.4 is 5.32 Å². The van der Waals surface area contributed by atoms with Crippen LogP contribution in [0, 0.1) is 5.92 Å². The normalized spacial score (nSPS) is 13.5. The fourth-order valence-corrected chi connectivity index (χ4v) is 2.42. The van der Waals surface area contributed by atoms with E-state index in [2.05, 4.69) is 75.2 Å². The highest BCUT2D eigenvalue weighted by Crippen LogP contribution is 2.16. The highest BCUT2D eigenvalue weighted by atomic mass is 15.2. The summed E-state index contributed by atoms with van der Waals surface area (Å²) in [5, 5.41) is 3.62. The van der Waals surface area contributed by atoms with Crippen LogP contribution in [-0.2, 0) is 0 Å². The van der Waals surface area contributed by atoms with E-state index in [4.69, 9.17) is 0 Å². The van der Waals surface area contributed by atoms with Crippen molar-refractivity contribution in [2.45, 2.75) is 46.7 Å². The second-order valence-electron chi connectivity index (χ2n) is 5.96. The Morgan fingerprint density at radius 3 is 2.11 bits per heavy atom. The number of rotatable bonds is 8. The molecule has 0 radical (unpaired) electrons. The molecule has 2 nitrogen and oxygen atoms in total. The van der Waals surface area contributed by atoms with Gasteiger partial charge in [0.05, 0.1) is 0 Å². The molecule has 0 aliphatic carbocycles. The van der Waals surface area contributed by atoms with Crippen LogP contribution in [0.4, 0.5) is 0 Å². The standard InChI is InChI=1S/C17H30N2/c1-6-18-17(16-10-8-7-9-11-16)13-19(15(4)5)12-14(2)3/h7-11,14-15,17-18H,6,12-13H2,1-5H3. The Balaban J connectivity index is 2.76. The molecule has 1 aromatic carbocycles. The van der Waals surface area contributed by atoms with Crippen LogP contribution in [0.5, 0.6) is 0 Å². The average molecular weight is 262 g/mol. The summed E-state index contributed by atoms with van der Waals surface area (Å²) in [6.07, 6.45) is 0. The van der Waals surface area contributed by atoms with Gasteiger partial charge in [-0.15, -0.1) is 0 Å².